The third-order valence-corrected chi connectivity index (χ3v) is 3.52. The van der Waals surface area contributed by atoms with Gasteiger partial charge in [-0.3, -0.25) is 0 Å². The van der Waals surface area contributed by atoms with Crippen molar-refractivity contribution in [3.05, 3.63) is 21.3 Å². The number of hydrogen-bond donors (Lipinski definition) is 1. The van der Waals surface area contributed by atoms with Gasteiger partial charge in [0.05, 0.1) is 4.34 Å². The summed E-state index contributed by atoms with van der Waals surface area (Å²) in [6.07, 6.45) is 2.31. The van der Waals surface area contributed by atoms with Crippen molar-refractivity contribution in [3.63, 3.8) is 0 Å². The molecule has 0 atom stereocenters. The topological polar surface area (TPSA) is 12.0 Å². The van der Waals surface area contributed by atoms with Crippen molar-refractivity contribution in [1.82, 2.24) is 5.32 Å². The fraction of sp³-hybridized carbons (Fsp3) is 0.667. The fourth-order valence-corrected chi connectivity index (χ4v) is 2.37. The first-order valence-electron chi connectivity index (χ1n) is 5.42. The van der Waals surface area contributed by atoms with Crippen LogP contribution in [0.3, 0.4) is 0 Å². The maximum Gasteiger partial charge on any atom is 0.0931 e. The molecule has 0 aliphatic rings. The molecule has 0 aliphatic heterocycles. The summed E-state index contributed by atoms with van der Waals surface area (Å²) in [5.41, 5.74) is 0.430. The zero-order valence-electron chi connectivity index (χ0n) is 9.77. The second kappa shape index (κ2) is 5.88. The molecule has 0 aromatic carbocycles. The largest absolute Gasteiger partial charge is 0.316 e. The van der Waals surface area contributed by atoms with E-state index in [9.17, 15) is 0 Å². The molecule has 1 aromatic rings. The molecule has 0 spiro atoms. The van der Waals surface area contributed by atoms with Gasteiger partial charge in [-0.25, -0.2) is 0 Å². The molecular formula is C12H20ClNS. The van der Waals surface area contributed by atoms with E-state index in [-0.39, 0.29) is 0 Å². The Morgan fingerprint density at radius 1 is 1.27 bits per heavy atom. The summed E-state index contributed by atoms with van der Waals surface area (Å²) in [6, 6.07) is 4.08. The van der Waals surface area contributed by atoms with Crippen LogP contribution in [0.4, 0.5) is 0 Å². The normalized spacial score (nSPS) is 12.0. The Morgan fingerprint density at radius 2 is 2.00 bits per heavy atom. The van der Waals surface area contributed by atoms with Crippen LogP contribution in [0.15, 0.2) is 12.1 Å². The molecule has 0 saturated heterocycles. The molecule has 0 fully saturated rings. The number of nitrogens with one attached hydrogen (secondary N) is 1. The lowest BCUT2D eigenvalue weighted by Gasteiger charge is -2.17. The Bertz CT molecular complexity index is 288. The lowest BCUT2D eigenvalue weighted by Crippen LogP contribution is -2.22. The molecule has 0 bridgehead atoms. The zero-order chi connectivity index (χ0) is 11.3. The average Bonchev–Trinajstić information content (AvgIpc) is 2.49. The van der Waals surface area contributed by atoms with Crippen molar-refractivity contribution >= 4 is 22.9 Å². The van der Waals surface area contributed by atoms with Crippen LogP contribution in [0, 0.1) is 5.41 Å². The number of hydrogen-bond acceptors (Lipinski definition) is 2. The van der Waals surface area contributed by atoms with E-state index >= 15 is 0 Å². The Morgan fingerprint density at radius 3 is 2.53 bits per heavy atom. The highest BCUT2D eigenvalue weighted by atomic mass is 35.5. The number of thiophene rings is 1. The molecule has 1 rings (SSSR count). The molecule has 1 N–H and O–H groups in total. The van der Waals surface area contributed by atoms with Crippen LogP contribution in [-0.2, 0) is 6.42 Å². The highest BCUT2D eigenvalue weighted by Gasteiger charge is 2.08. The fourth-order valence-electron chi connectivity index (χ4n) is 1.29. The smallest absolute Gasteiger partial charge is 0.0931 e. The van der Waals surface area contributed by atoms with Crippen molar-refractivity contribution in [2.24, 2.45) is 5.41 Å². The van der Waals surface area contributed by atoms with Crippen LogP contribution < -0.4 is 5.32 Å². The quantitative estimate of drug-likeness (QED) is 0.774. The van der Waals surface area contributed by atoms with Gasteiger partial charge in [0.2, 0.25) is 0 Å². The maximum absolute atomic E-state index is 5.86. The summed E-state index contributed by atoms with van der Waals surface area (Å²) in [4.78, 5) is 1.36. The molecule has 15 heavy (non-hydrogen) atoms. The van der Waals surface area contributed by atoms with E-state index in [1.165, 1.54) is 11.3 Å². The van der Waals surface area contributed by atoms with Crippen LogP contribution in [0.2, 0.25) is 4.34 Å². The summed E-state index contributed by atoms with van der Waals surface area (Å²) in [5.74, 6) is 0. The van der Waals surface area contributed by atoms with Gasteiger partial charge in [0.25, 0.3) is 0 Å². The predicted octanol–water partition coefficient (Wildman–Crippen LogP) is 3.97. The van der Waals surface area contributed by atoms with E-state index in [0.29, 0.717) is 5.41 Å². The second-order valence-electron chi connectivity index (χ2n) is 5.02. The Kier molecular flexibility index (Phi) is 5.10. The third kappa shape index (κ3) is 6.18. The molecule has 0 unspecified atom stereocenters. The SMILES string of the molecule is CC(C)(C)CCNCCc1ccc(Cl)s1. The molecule has 0 amide bonds. The van der Waals surface area contributed by atoms with E-state index < -0.39 is 0 Å². The van der Waals surface area contributed by atoms with Crippen LogP contribution in [0.25, 0.3) is 0 Å². The maximum atomic E-state index is 5.86. The minimum absolute atomic E-state index is 0.430. The molecule has 1 aromatic heterocycles. The number of halogens is 1. The standard InChI is InChI=1S/C12H20ClNS/c1-12(2,3)7-9-14-8-6-10-4-5-11(13)15-10/h4-5,14H,6-9H2,1-3H3. The first-order valence-corrected chi connectivity index (χ1v) is 6.62. The molecule has 86 valence electrons. The van der Waals surface area contributed by atoms with Crippen LogP contribution >= 0.6 is 22.9 Å². The first-order chi connectivity index (χ1) is 6.97. The third-order valence-electron chi connectivity index (χ3n) is 2.23. The van der Waals surface area contributed by atoms with E-state index in [1.807, 2.05) is 6.07 Å². The van der Waals surface area contributed by atoms with Crippen molar-refractivity contribution in [3.8, 4) is 0 Å². The van der Waals surface area contributed by atoms with Gasteiger partial charge in [-0.05, 0) is 43.5 Å². The predicted molar refractivity (Wildman–Crippen MR) is 70.0 cm³/mol. The minimum Gasteiger partial charge on any atom is -0.316 e. The average molecular weight is 246 g/mol. The highest BCUT2D eigenvalue weighted by Crippen LogP contribution is 2.21. The lowest BCUT2D eigenvalue weighted by molar-refractivity contribution is 0.368. The Balaban J connectivity index is 2.07. The van der Waals surface area contributed by atoms with E-state index in [0.717, 1.165) is 23.8 Å². The molecule has 0 aliphatic carbocycles. The van der Waals surface area contributed by atoms with Crippen LogP contribution in [0.1, 0.15) is 32.1 Å². The van der Waals surface area contributed by atoms with Crippen LogP contribution in [-0.4, -0.2) is 13.1 Å². The van der Waals surface area contributed by atoms with E-state index in [4.69, 9.17) is 11.6 Å². The summed E-state index contributed by atoms with van der Waals surface area (Å²) < 4.78 is 0.889. The van der Waals surface area contributed by atoms with Gasteiger partial charge in [0.1, 0.15) is 0 Å². The monoisotopic (exact) mass is 245 g/mol. The van der Waals surface area contributed by atoms with Gasteiger partial charge in [-0.2, -0.15) is 0 Å². The molecule has 0 saturated carbocycles. The Labute approximate surface area is 102 Å². The van der Waals surface area contributed by atoms with Gasteiger partial charge >= 0.3 is 0 Å². The minimum atomic E-state index is 0.430. The van der Waals surface area contributed by atoms with Crippen molar-refractivity contribution < 1.29 is 0 Å². The first kappa shape index (κ1) is 13.0. The van der Waals surface area contributed by atoms with Gasteiger partial charge in [-0.1, -0.05) is 32.4 Å². The molecular weight excluding hydrogens is 226 g/mol. The van der Waals surface area contributed by atoms with Crippen molar-refractivity contribution in [1.29, 1.82) is 0 Å². The van der Waals surface area contributed by atoms with Gasteiger partial charge in [0.15, 0.2) is 0 Å². The lowest BCUT2D eigenvalue weighted by atomic mass is 9.92. The second-order valence-corrected chi connectivity index (χ2v) is 6.82. The molecule has 3 heteroatoms. The van der Waals surface area contributed by atoms with Gasteiger partial charge in [-0.15, -0.1) is 11.3 Å². The number of rotatable bonds is 5. The van der Waals surface area contributed by atoms with Gasteiger partial charge in [0, 0.05) is 4.88 Å². The van der Waals surface area contributed by atoms with E-state index in [2.05, 4.69) is 32.2 Å². The van der Waals surface area contributed by atoms with Gasteiger partial charge < -0.3 is 5.32 Å². The highest BCUT2D eigenvalue weighted by molar-refractivity contribution is 7.16. The Hall–Kier alpha value is -0.0500. The molecule has 1 nitrogen and oxygen atoms in total. The zero-order valence-corrected chi connectivity index (χ0v) is 11.3. The summed E-state index contributed by atoms with van der Waals surface area (Å²) in [5, 5.41) is 3.46. The van der Waals surface area contributed by atoms with Crippen molar-refractivity contribution in [2.45, 2.75) is 33.6 Å². The summed E-state index contributed by atoms with van der Waals surface area (Å²) in [6.45, 7) is 8.96. The molecule has 1 heterocycles. The summed E-state index contributed by atoms with van der Waals surface area (Å²) >= 11 is 7.54. The summed E-state index contributed by atoms with van der Waals surface area (Å²) in [7, 11) is 0. The van der Waals surface area contributed by atoms with Crippen LogP contribution in [0.5, 0.6) is 0 Å². The molecule has 0 radical (unpaired) electrons. The van der Waals surface area contributed by atoms with Crippen molar-refractivity contribution in [2.75, 3.05) is 13.1 Å². The van der Waals surface area contributed by atoms with E-state index in [1.54, 1.807) is 11.3 Å².